The molecule has 7 nitrogen and oxygen atoms in total. The van der Waals surface area contributed by atoms with Crippen LogP contribution in [0.5, 0.6) is 5.75 Å². The Bertz CT molecular complexity index is 862. The molecule has 0 heterocycles. The molecule has 3 N–H and O–H groups in total. The van der Waals surface area contributed by atoms with Gasteiger partial charge >= 0.3 is 0 Å². The van der Waals surface area contributed by atoms with Crippen LogP contribution < -0.4 is 20.7 Å². The summed E-state index contributed by atoms with van der Waals surface area (Å²) in [6.45, 7) is 5.04. The van der Waals surface area contributed by atoms with Gasteiger partial charge in [-0.3, -0.25) is 19.7 Å². The molecule has 0 saturated carbocycles. The lowest BCUT2D eigenvalue weighted by Gasteiger charge is -2.15. The number of aryl methyl sites for hydroxylation is 1. The highest BCUT2D eigenvalue weighted by Gasteiger charge is 2.15. The summed E-state index contributed by atoms with van der Waals surface area (Å²) in [4.78, 5) is 35.7. The molecule has 0 bridgehead atoms. The summed E-state index contributed by atoms with van der Waals surface area (Å²) in [5.41, 5.74) is 2.73. The Labute approximate surface area is 164 Å². The smallest absolute Gasteiger partial charge is 0.241 e. The van der Waals surface area contributed by atoms with Gasteiger partial charge in [0, 0.05) is 11.3 Å². The van der Waals surface area contributed by atoms with E-state index in [4.69, 9.17) is 4.74 Å². The molecule has 0 spiro atoms. The van der Waals surface area contributed by atoms with Crippen molar-refractivity contribution in [3.05, 3.63) is 53.6 Å². The molecule has 2 aromatic carbocycles. The van der Waals surface area contributed by atoms with Crippen LogP contribution in [0.15, 0.2) is 42.5 Å². The topological polar surface area (TPSA) is 96.5 Å². The molecule has 2 aromatic rings. The van der Waals surface area contributed by atoms with Gasteiger partial charge in [0.15, 0.2) is 5.78 Å². The third-order valence-corrected chi connectivity index (χ3v) is 4.15. The molecule has 148 valence electrons. The molecule has 0 aliphatic heterocycles. The minimum absolute atomic E-state index is 0.0328. The summed E-state index contributed by atoms with van der Waals surface area (Å²) < 4.78 is 5.23. The summed E-state index contributed by atoms with van der Waals surface area (Å²) >= 11 is 0. The zero-order valence-electron chi connectivity index (χ0n) is 16.5. The Hall–Kier alpha value is -3.19. The first-order valence-corrected chi connectivity index (χ1v) is 8.90. The van der Waals surface area contributed by atoms with E-state index < -0.39 is 6.04 Å². The predicted octanol–water partition coefficient (Wildman–Crippen LogP) is 2.76. The molecule has 0 aromatic heterocycles. The summed E-state index contributed by atoms with van der Waals surface area (Å²) in [5.74, 6) is -0.0335. The summed E-state index contributed by atoms with van der Waals surface area (Å²) in [7, 11) is 1.54. The fourth-order valence-corrected chi connectivity index (χ4v) is 2.49. The van der Waals surface area contributed by atoms with Crippen molar-refractivity contribution in [2.45, 2.75) is 26.8 Å². The van der Waals surface area contributed by atoms with Gasteiger partial charge in [0.2, 0.25) is 11.8 Å². The first-order valence-electron chi connectivity index (χ1n) is 8.90. The predicted molar refractivity (Wildman–Crippen MR) is 109 cm³/mol. The first-order chi connectivity index (χ1) is 13.3. The number of hydrogen-bond acceptors (Lipinski definition) is 5. The van der Waals surface area contributed by atoms with Crippen molar-refractivity contribution in [2.75, 3.05) is 24.3 Å². The number of carbonyl (C=O) groups excluding carboxylic acids is 3. The molecule has 0 aliphatic rings. The van der Waals surface area contributed by atoms with Crippen LogP contribution in [0.3, 0.4) is 0 Å². The lowest BCUT2D eigenvalue weighted by Crippen LogP contribution is -2.42. The molecular weight excluding hydrogens is 358 g/mol. The van der Waals surface area contributed by atoms with Crippen LogP contribution in [0.25, 0.3) is 0 Å². The van der Waals surface area contributed by atoms with E-state index in [2.05, 4.69) is 16.0 Å². The van der Waals surface area contributed by atoms with Crippen molar-refractivity contribution in [1.82, 2.24) is 5.32 Å². The van der Waals surface area contributed by atoms with Gasteiger partial charge < -0.3 is 15.4 Å². The fraction of sp³-hybridized carbons (Fsp3) is 0.286. The average molecular weight is 383 g/mol. The van der Waals surface area contributed by atoms with Gasteiger partial charge in [-0.05, 0) is 62.7 Å². The van der Waals surface area contributed by atoms with Crippen LogP contribution in [-0.4, -0.2) is 37.3 Å². The SMILES string of the molecule is COc1ccc(C)cc1NC(=O)CN[C@@H](C)C(=O)Nc1ccc(C(C)=O)cc1. The molecule has 7 heteroatoms. The second kappa shape index (κ2) is 9.66. The maximum absolute atomic E-state index is 12.3. The van der Waals surface area contributed by atoms with Crippen molar-refractivity contribution in [1.29, 1.82) is 0 Å². The Morgan fingerprint density at radius 3 is 2.32 bits per heavy atom. The Morgan fingerprint density at radius 2 is 1.71 bits per heavy atom. The van der Waals surface area contributed by atoms with Gasteiger partial charge in [-0.25, -0.2) is 0 Å². The molecule has 1 atom stereocenters. The van der Waals surface area contributed by atoms with Crippen LogP contribution in [-0.2, 0) is 9.59 Å². The molecule has 2 rings (SSSR count). The third kappa shape index (κ3) is 5.92. The summed E-state index contributed by atoms with van der Waals surface area (Å²) in [6, 6.07) is 11.5. The quantitative estimate of drug-likeness (QED) is 0.609. The van der Waals surface area contributed by atoms with Crippen molar-refractivity contribution in [3.8, 4) is 5.75 Å². The normalized spacial score (nSPS) is 11.4. The number of hydrogen-bond donors (Lipinski definition) is 3. The van der Waals surface area contributed by atoms with Gasteiger partial charge in [0.25, 0.3) is 0 Å². The van der Waals surface area contributed by atoms with E-state index in [1.54, 1.807) is 37.3 Å². The monoisotopic (exact) mass is 383 g/mol. The Morgan fingerprint density at radius 1 is 1.04 bits per heavy atom. The number of ketones is 1. The van der Waals surface area contributed by atoms with E-state index >= 15 is 0 Å². The Balaban J connectivity index is 1.86. The van der Waals surface area contributed by atoms with Crippen molar-refractivity contribution in [3.63, 3.8) is 0 Å². The highest BCUT2D eigenvalue weighted by molar-refractivity contribution is 5.98. The zero-order chi connectivity index (χ0) is 20.7. The van der Waals surface area contributed by atoms with Crippen molar-refractivity contribution in [2.24, 2.45) is 0 Å². The number of methoxy groups -OCH3 is 1. The number of nitrogens with one attached hydrogen (secondary N) is 3. The molecule has 0 unspecified atom stereocenters. The molecule has 0 radical (unpaired) electrons. The maximum atomic E-state index is 12.3. The van der Waals surface area contributed by atoms with E-state index in [0.29, 0.717) is 22.7 Å². The number of rotatable bonds is 8. The molecule has 2 amide bonds. The largest absolute Gasteiger partial charge is 0.495 e. The van der Waals surface area contributed by atoms with E-state index in [9.17, 15) is 14.4 Å². The van der Waals surface area contributed by atoms with Gasteiger partial charge in [-0.1, -0.05) is 6.07 Å². The van der Waals surface area contributed by atoms with Crippen LogP contribution in [0.2, 0.25) is 0 Å². The third-order valence-electron chi connectivity index (χ3n) is 4.15. The van der Waals surface area contributed by atoms with Crippen molar-refractivity contribution < 1.29 is 19.1 Å². The number of Topliss-reactive ketones (excluding diaryl/α,β-unsaturated/α-hetero) is 1. The maximum Gasteiger partial charge on any atom is 0.241 e. The first kappa shape index (κ1) is 21.1. The molecule has 0 saturated heterocycles. The molecule has 28 heavy (non-hydrogen) atoms. The minimum Gasteiger partial charge on any atom is -0.495 e. The lowest BCUT2D eigenvalue weighted by atomic mass is 10.1. The molecule has 0 fully saturated rings. The van der Waals surface area contributed by atoms with E-state index in [1.165, 1.54) is 14.0 Å². The van der Waals surface area contributed by atoms with Crippen LogP contribution >= 0.6 is 0 Å². The van der Waals surface area contributed by atoms with E-state index in [-0.39, 0.29) is 24.1 Å². The van der Waals surface area contributed by atoms with Gasteiger partial charge in [-0.15, -0.1) is 0 Å². The second-order valence-corrected chi connectivity index (χ2v) is 6.48. The zero-order valence-corrected chi connectivity index (χ0v) is 16.5. The van der Waals surface area contributed by atoms with Crippen LogP contribution in [0.4, 0.5) is 11.4 Å². The number of amides is 2. The highest BCUT2D eigenvalue weighted by Crippen LogP contribution is 2.24. The van der Waals surface area contributed by atoms with Gasteiger partial charge in [0.05, 0.1) is 25.4 Å². The molecule has 0 aliphatic carbocycles. The number of ether oxygens (including phenoxy) is 1. The minimum atomic E-state index is -0.586. The summed E-state index contributed by atoms with van der Waals surface area (Å²) in [5, 5.41) is 8.40. The molecular formula is C21H25N3O4. The van der Waals surface area contributed by atoms with E-state index in [1.807, 2.05) is 19.1 Å². The highest BCUT2D eigenvalue weighted by atomic mass is 16.5. The number of anilines is 2. The lowest BCUT2D eigenvalue weighted by molar-refractivity contribution is -0.118. The van der Waals surface area contributed by atoms with Gasteiger partial charge in [0.1, 0.15) is 5.75 Å². The van der Waals surface area contributed by atoms with Crippen LogP contribution in [0.1, 0.15) is 29.8 Å². The Kier molecular flexibility index (Phi) is 7.28. The second-order valence-electron chi connectivity index (χ2n) is 6.48. The van der Waals surface area contributed by atoms with Gasteiger partial charge in [-0.2, -0.15) is 0 Å². The standard InChI is InChI=1S/C21H25N3O4/c1-13-5-10-19(28-4)18(11-13)24-20(26)12-22-14(2)21(27)23-17-8-6-16(7-9-17)15(3)25/h5-11,14,22H,12H2,1-4H3,(H,23,27)(H,24,26)/t14-/m0/s1. The number of carbonyl (C=O) groups is 3. The van der Waals surface area contributed by atoms with Crippen molar-refractivity contribution >= 4 is 29.0 Å². The van der Waals surface area contributed by atoms with E-state index in [0.717, 1.165) is 5.56 Å². The van der Waals surface area contributed by atoms with Crippen LogP contribution in [0, 0.1) is 6.92 Å². The fourth-order valence-electron chi connectivity index (χ4n) is 2.49. The summed E-state index contributed by atoms with van der Waals surface area (Å²) in [6.07, 6.45) is 0. The number of benzene rings is 2. The average Bonchev–Trinajstić information content (AvgIpc) is 2.66.